The van der Waals surface area contributed by atoms with Crippen LogP contribution in [0.15, 0.2) is 24.4 Å². The highest BCUT2D eigenvalue weighted by Gasteiger charge is 2.16. The van der Waals surface area contributed by atoms with E-state index in [-0.39, 0.29) is 0 Å². The number of nitrogen functional groups attached to an aromatic ring is 1. The summed E-state index contributed by atoms with van der Waals surface area (Å²) in [5, 5.41) is 12.3. The van der Waals surface area contributed by atoms with Gasteiger partial charge < -0.3 is 5.73 Å². The van der Waals surface area contributed by atoms with E-state index < -0.39 is 0 Å². The third-order valence-corrected chi connectivity index (χ3v) is 2.69. The average Bonchev–Trinajstić information content (AvgIpc) is 2.92. The summed E-state index contributed by atoms with van der Waals surface area (Å²) in [6.07, 6.45) is 2.53. The van der Waals surface area contributed by atoms with Crippen LogP contribution < -0.4 is 5.73 Å². The van der Waals surface area contributed by atoms with Crippen LogP contribution in [0.1, 0.15) is 12.6 Å². The van der Waals surface area contributed by atoms with E-state index in [1.54, 1.807) is 10.9 Å². The Bertz CT molecular complexity index is 651. The van der Waals surface area contributed by atoms with Gasteiger partial charge in [-0.3, -0.25) is 5.10 Å². The maximum atomic E-state index is 5.85. The summed E-state index contributed by atoms with van der Waals surface area (Å²) in [7, 11) is 0. The summed E-state index contributed by atoms with van der Waals surface area (Å²) < 4.78 is 1.71. The van der Waals surface area contributed by atoms with Crippen molar-refractivity contribution in [2.45, 2.75) is 13.3 Å². The van der Waals surface area contributed by atoms with E-state index in [1.807, 2.05) is 25.1 Å². The second-order valence-corrected chi connectivity index (χ2v) is 3.74. The number of hydrogen-bond acceptors (Lipinski definition) is 4. The molecular weight excluding hydrogens is 216 g/mol. The normalized spacial score (nSPS) is 11.1. The lowest BCUT2D eigenvalue weighted by Crippen LogP contribution is -2.00. The Labute approximate surface area is 97.5 Å². The Balaban J connectivity index is 2.31. The quantitative estimate of drug-likeness (QED) is 0.692. The van der Waals surface area contributed by atoms with Gasteiger partial charge in [-0.1, -0.05) is 13.0 Å². The van der Waals surface area contributed by atoms with Crippen molar-refractivity contribution in [3.05, 3.63) is 30.1 Å². The molecule has 0 bridgehead atoms. The highest BCUT2D eigenvalue weighted by atomic mass is 15.4. The second-order valence-electron chi connectivity index (χ2n) is 3.74. The number of anilines is 1. The van der Waals surface area contributed by atoms with Crippen molar-refractivity contribution < 1.29 is 0 Å². The predicted octanol–water partition coefficient (Wildman–Crippen LogP) is 1.29. The van der Waals surface area contributed by atoms with Crippen molar-refractivity contribution in [2.24, 2.45) is 0 Å². The van der Waals surface area contributed by atoms with Gasteiger partial charge in [0.15, 0.2) is 11.5 Å². The molecule has 0 spiro atoms. The Hall–Kier alpha value is -2.37. The number of aryl methyl sites for hydroxylation is 1. The third kappa shape index (κ3) is 1.37. The number of H-pyrrole nitrogens is 1. The molecule has 6 nitrogen and oxygen atoms in total. The number of rotatable bonds is 2. The van der Waals surface area contributed by atoms with Crippen LogP contribution >= 0.6 is 0 Å². The molecule has 3 aromatic heterocycles. The summed E-state index contributed by atoms with van der Waals surface area (Å²) in [6, 6.07) is 5.66. The molecule has 0 aliphatic carbocycles. The molecular formula is C11H12N6. The van der Waals surface area contributed by atoms with E-state index in [0.717, 1.165) is 29.0 Å². The van der Waals surface area contributed by atoms with Gasteiger partial charge in [0.1, 0.15) is 5.82 Å². The van der Waals surface area contributed by atoms with Gasteiger partial charge in [-0.15, -0.1) is 0 Å². The molecule has 6 heteroatoms. The first-order valence-corrected chi connectivity index (χ1v) is 5.44. The number of aromatic amines is 1. The molecule has 3 aromatic rings. The third-order valence-electron chi connectivity index (χ3n) is 2.69. The zero-order valence-corrected chi connectivity index (χ0v) is 9.38. The zero-order chi connectivity index (χ0) is 11.8. The monoisotopic (exact) mass is 228 g/mol. The van der Waals surface area contributed by atoms with Crippen LogP contribution in [0.3, 0.4) is 0 Å². The van der Waals surface area contributed by atoms with Crippen molar-refractivity contribution in [3.63, 3.8) is 0 Å². The molecule has 0 fully saturated rings. The number of nitrogens with zero attached hydrogens (tertiary/aromatic N) is 4. The number of nitrogens with one attached hydrogen (secondary N) is 1. The lowest BCUT2D eigenvalue weighted by Gasteiger charge is -1.98. The minimum Gasteiger partial charge on any atom is -0.383 e. The fraction of sp³-hybridized carbons (Fsp3) is 0.182. The Morgan fingerprint density at radius 3 is 3.00 bits per heavy atom. The van der Waals surface area contributed by atoms with Gasteiger partial charge in [0.05, 0.1) is 11.1 Å². The number of hydrogen-bond donors (Lipinski definition) is 2. The molecule has 17 heavy (non-hydrogen) atoms. The number of fused-ring (bicyclic) bond motifs is 1. The maximum absolute atomic E-state index is 5.85. The SMILES string of the molecule is CCc1nn(-c2ccccn2)c2n[nH]c(N)c12. The van der Waals surface area contributed by atoms with Crippen molar-refractivity contribution in [1.82, 2.24) is 25.0 Å². The van der Waals surface area contributed by atoms with E-state index in [1.165, 1.54) is 0 Å². The van der Waals surface area contributed by atoms with Crippen molar-refractivity contribution in [3.8, 4) is 5.82 Å². The molecule has 0 aliphatic rings. The van der Waals surface area contributed by atoms with Crippen LogP contribution in [0.5, 0.6) is 0 Å². The standard InChI is InChI=1S/C11H12N6/c1-2-7-9-10(12)14-15-11(9)17(16-7)8-5-3-4-6-13-8/h3-6H,2H2,1H3,(H3,12,14,15). The van der Waals surface area contributed by atoms with Gasteiger partial charge in [-0.25, -0.2) is 4.98 Å². The van der Waals surface area contributed by atoms with Gasteiger partial charge in [-0.2, -0.15) is 14.9 Å². The minimum absolute atomic E-state index is 0.555. The lowest BCUT2D eigenvalue weighted by atomic mass is 10.2. The maximum Gasteiger partial charge on any atom is 0.188 e. The Morgan fingerprint density at radius 2 is 2.29 bits per heavy atom. The smallest absolute Gasteiger partial charge is 0.188 e. The van der Waals surface area contributed by atoms with E-state index in [9.17, 15) is 0 Å². The van der Waals surface area contributed by atoms with Crippen molar-refractivity contribution in [2.75, 3.05) is 5.73 Å². The summed E-state index contributed by atoms with van der Waals surface area (Å²) >= 11 is 0. The predicted molar refractivity (Wildman–Crippen MR) is 64.8 cm³/mol. The first-order chi connectivity index (χ1) is 8.31. The zero-order valence-electron chi connectivity index (χ0n) is 9.38. The van der Waals surface area contributed by atoms with Gasteiger partial charge in [0.2, 0.25) is 0 Å². The molecule has 0 radical (unpaired) electrons. The first kappa shape index (κ1) is 9.83. The van der Waals surface area contributed by atoms with Crippen LogP contribution in [0.2, 0.25) is 0 Å². The summed E-state index contributed by atoms with van der Waals surface area (Å²) in [6.45, 7) is 2.04. The van der Waals surface area contributed by atoms with Crippen LogP contribution in [-0.4, -0.2) is 25.0 Å². The fourth-order valence-corrected chi connectivity index (χ4v) is 1.89. The molecule has 3 heterocycles. The number of pyridine rings is 1. The summed E-state index contributed by atoms with van der Waals surface area (Å²) in [5.41, 5.74) is 7.50. The molecule has 0 saturated carbocycles. The van der Waals surface area contributed by atoms with Crippen LogP contribution in [-0.2, 0) is 6.42 Å². The van der Waals surface area contributed by atoms with Crippen LogP contribution in [0, 0.1) is 0 Å². The molecule has 3 N–H and O–H groups in total. The molecule has 0 amide bonds. The molecule has 0 atom stereocenters. The topological polar surface area (TPSA) is 85.4 Å². The number of aromatic nitrogens is 5. The fourth-order valence-electron chi connectivity index (χ4n) is 1.89. The number of nitrogens with two attached hydrogens (primary N) is 1. The average molecular weight is 228 g/mol. The van der Waals surface area contributed by atoms with Gasteiger partial charge >= 0.3 is 0 Å². The first-order valence-electron chi connectivity index (χ1n) is 5.44. The molecule has 0 unspecified atom stereocenters. The Morgan fingerprint density at radius 1 is 1.41 bits per heavy atom. The van der Waals surface area contributed by atoms with Crippen molar-refractivity contribution >= 4 is 16.9 Å². The van der Waals surface area contributed by atoms with Crippen molar-refractivity contribution in [1.29, 1.82) is 0 Å². The summed E-state index contributed by atoms with van der Waals surface area (Å²) in [4.78, 5) is 4.26. The van der Waals surface area contributed by atoms with E-state index in [0.29, 0.717) is 5.82 Å². The molecule has 0 aliphatic heterocycles. The largest absolute Gasteiger partial charge is 0.383 e. The highest BCUT2D eigenvalue weighted by Crippen LogP contribution is 2.24. The second kappa shape index (κ2) is 3.58. The molecule has 3 rings (SSSR count). The van der Waals surface area contributed by atoms with E-state index in [4.69, 9.17) is 5.73 Å². The van der Waals surface area contributed by atoms with Gasteiger partial charge in [0.25, 0.3) is 0 Å². The van der Waals surface area contributed by atoms with Gasteiger partial charge in [-0.05, 0) is 18.6 Å². The summed E-state index contributed by atoms with van der Waals surface area (Å²) in [5.74, 6) is 1.29. The molecule has 0 aromatic carbocycles. The Kier molecular flexibility index (Phi) is 2.07. The van der Waals surface area contributed by atoms with Crippen LogP contribution in [0.25, 0.3) is 16.9 Å². The van der Waals surface area contributed by atoms with Gasteiger partial charge in [0, 0.05) is 6.20 Å². The lowest BCUT2D eigenvalue weighted by molar-refractivity contribution is 0.821. The molecule has 86 valence electrons. The van der Waals surface area contributed by atoms with E-state index in [2.05, 4.69) is 20.3 Å². The minimum atomic E-state index is 0.555. The van der Waals surface area contributed by atoms with E-state index >= 15 is 0 Å². The highest BCUT2D eigenvalue weighted by molar-refractivity contribution is 5.89. The van der Waals surface area contributed by atoms with Crippen LogP contribution in [0.4, 0.5) is 5.82 Å². The molecule has 0 saturated heterocycles.